The molecule has 5 nitrogen and oxygen atoms in total. The number of aromatic nitrogens is 1. The maximum absolute atomic E-state index is 11.9. The molecular formula is C12H21N3O2S. The lowest BCUT2D eigenvalue weighted by atomic mass is 10.3. The number of aryl methyl sites for hydroxylation is 1. The number of likely N-dealkylation sites (tertiary alicyclic amines) is 1. The monoisotopic (exact) mass is 271 g/mol. The zero-order valence-electron chi connectivity index (χ0n) is 11.0. The van der Waals surface area contributed by atoms with Crippen molar-refractivity contribution in [3.05, 3.63) is 24.0 Å². The molecule has 18 heavy (non-hydrogen) atoms. The standard InChI is InChI=1S/C12H21N3O2S/c1-3-13-18(16,17)12-5-7-15(10-12)9-11-4-6-14(2)8-11/h4,6,8,12-13H,3,5,7,9-10H2,1-2H3. The normalized spacial score (nSPS) is 21.6. The average molecular weight is 271 g/mol. The Kier molecular flexibility index (Phi) is 4.09. The van der Waals surface area contributed by atoms with Crippen molar-refractivity contribution in [3.63, 3.8) is 0 Å². The molecule has 1 atom stereocenters. The Morgan fingerprint density at radius 2 is 2.28 bits per heavy atom. The van der Waals surface area contributed by atoms with E-state index < -0.39 is 10.0 Å². The number of nitrogens with zero attached hydrogens (tertiary/aromatic N) is 2. The predicted molar refractivity (Wildman–Crippen MR) is 71.7 cm³/mol. The van der Waals surface area contributed by atoms with Gasteiger partial charge in [0.15, 0.2) is 0 Å². The summed E-state index contributed by atoms with van der Waals surface area (Å²) in [7, 11) is -1.13. The van der Waals surface area contributed by atoms with Crippen molar-refractivity contribution in [2.75, 3.05) is 19.6 Å². The fraction of sp³-hybridized carbons (Fsp3) is 0.667. The molecule has 1 aromatic heterocycles. The van der Waals surface area contributed by atoms with Gasteiger partial charge >= 0.3 is 0 Å². The van der Waals surface area contributed by atoms with Gasteiger partial charge < -0.3 is 4.57 Å². The van der Waals surface area contributed by atoms with Crippen molar-refractivity contribution in [1.29, 1.82) is 0 Å². The van der Waals surface area contributed by atoms with Gasteiger partial charge in [-0.05, 0) is 24.6 Å². The number of nitrogens with one attached hydrogen (secondary N) is 1. The highest BCUT2D eigenvalue weighted by atomic mass is 32.2. The fourth-order valence-electron chi connectivity index (χ4n) is 2.43. The molecular weight excluding hydrogens is 250 g/mol. The lowest BCUT2D eigenvalue weighted by molar-refractivity contribution is 0.331. The van der Waals surface area contributed by atoms with E-state index in [1.807, 2.05) is 24.7 Å². The maximum Gasteiger partial charge on any atom is 0.215 e. The Bertz CT molecular complexity index is 495. The first-order valence-corrected chi connectivity index (χ1v) is 7.87. The van der Waals surface area contributed by atoms with Gasteiger partial charge in [0.2, 0.25) is 10.0 Å². The summed E-state index contributed by atoms with van der Waals surface area (Å²) >= 11 is 0. The minimum absolute atomic E-state index is 0.263. The molecule has 1 unspecified atom stereocenters. The Hall–Kier alpha value is -0.850. The second-order valence-electron chi connectivity index (χ2n) is 4.87. The molecule has 0 aliphatic carbocycles. The lowest BCUT2D eigenvalue weighted by Crippen LogP contribution is -2.36. The molecule has 102 valence electrons. The molecule has 2 rings (SSSR count). The van der Waals surface area contributed by atoms with Crippen LogP contribution in [0, 0.1) is 0 Å². The summed E-state index contributed by atoms with van der Waals surface area (Å²) in [5, 5.41) is -0.263. The van der Waals surface area contributed by atoms with Gasteiger partial charge in [0.25, 0.3) is 0 Å². The van der Waals surface area contributed by atoms with Gasteiger partial charge in [-0.25, -0.2) is 13.1 Å². The van der Waals surface area contributed by atoms with E-state index in [0.717, 1.165) is 19.5 Å². The van der Waals surface area contributed by atoms with Gasteiger partial charge in [-0.2, -0.15) is 0 Å². The van der Waals surface area contributed by atoms with Crippen LogP contribution in [0.4, 0.5) is 0 Å². The molecule has 0 bridgehead atoms. The third-order valence-corrected chi connectivity index (χ3v) is 5.27. The van der Waals surface area contributed by atoms with E-state index in [-0.39, 0.29) is 5.25 Å². The highest BCUT2D eigenvalue weighted by Crippen LogP contribution is 2.18. The number of hydrogen-bond acceptors (Lipinski definition) is 3. The van der Waals surface area contributed by atoms with E-state index in [1.54, 1.807) is 0 Å². The van der Waals surface area contributed by atoms with Crippen LogP contribution < -0.4 is 4.72 Å². The third-order valence-electron chi connectivity index (χ3n) is 3.31. The topological polar surface area (TPSA) is 54.3 Å². The molecule has 0 spiro atoms. The maximum atomic E-state index is 11.9. The molecule has 0 radical (unpaired) electrons. The average Bonchev–Trinajstić information content (AvgIpc) is 2.89. The summed E-state index contributed by atoms with van der Waals surface area (Å²) in [6.45, 7) is 4.60. The lowest BCUT2D eigenvalue weighted by Gasteiger charge is -2.15. The molecule has 1 fully saturated rings. The first kappa shape index (κ1) is 13.6. The molecule has 1 aromatic rings. The molecule has 1 saturated heterocycles. The van der Waals surface area contributed by atoms with Crippen LogP contribution in [-0.4, -0.2) is 42.8 Å². The first-order valence-electron chi connectivity index (χ1n) is 6.33. The van der Waals surface area contributed by atoms with Gasteiger partial charge in [0.1, 0.15) is 0 Å². The molecule has 2 heterocycles. The predicted octanol–water partition coefficient (Wildman–Crippen LogP) is 0.539. The van der Waals surface area contributed by atoms with E-state index >= 15 is 0 Å². The van der Waals surface area contributed by atoms with Gasteiger partial charge in [-0.1, -0.05) is 6.92 Å². The number of sulfonamides is 1. The fourth-order valence-corrected chi connectivity index (χ4v) is 3.89. The summed E-state index contributed by atoms with van der Waals surface area (Å²) in [6.07, 6.45) is 4.81. The van der Waals surface area contributed by atoms with Crippen molar-refractivity contribution in [3.8, 4) is 0 Å². The number of rotatable bonds is 5. The molecule has 0 amide bonds. The Morgan fingerprint density at radius 1 is 1.50 bits per heavy atom. The molecule has 0 aromatic carbocycles. The Labute approximate surface area is 109 Å². The van der Waals surface area contributed by atoms with Crippen LogP contribution in [0.25, 0.3) is 0 Å². The van der Waals surface area contributed by atoms with Crippen LogP contribution in [0.2, 0.25) is 0 Å². The van der Waals surface area contributed by atoms with Crippen molar-refractivity contribution in [1.82, 2.24) is 14.2 Å². The Morgan fingerprint density at radius 3 is 2.89 bits per heavy atom. The van der Waals surface area contributed by atoms with Crippen molar-refractivity contribution in [2.45, 2.75) is 25.1 Å². The quantitative estimate of drug-likeness (QED) is 0.850. The van der Waals surface area contributed by atoms with Crippen LogP contribution in [0.5, 0.6) is 0 Å². The summed E-state index contributed by atoms with van der Waals surface area (Å²) in [5.74, 6) is 0. The van der Waals surface area contributed by atoms with Gasteiger partial charge in [0, 0.05) is 39.1 Å². The van der Waals surface area contributed by atoms with Gasteiger partial charge in [0.05, 0.1) is 5.25 Å². The SMILES string of the molecule is CCNS(=O)(=O)C1CCN(Cc2ccn(C)c2)C1. The summed E-state index contributed by atoms with van der Waals surface area (Å²) in [5.41, 5.74) is 1.24. The van der Waals surface area contributed by atoms with E-state index in [9.17, 15) is 8.42 Å². The van der Waals surface area contributed by atoms with E-state index in [1.165, 1.54) is 5.56 Å². The van der Waals surface area contributed by atoms with Crippen LogP contribution in [0.3, 0.4) is 0 Å². The van der Waals surface area contributed by atoms with Gasteiger partial charge in [-0.3, -0.25) is 4.90 Å². The van der Waals surface area contributed by atoms with Crippen molar-refractivity contribution < 1.29 is 8.42 Å². The van der Waals surface area contributed by atoms with Crippen LogP contribution >= 0.6 is 0 Å². The smallest absolute Gasteiger partial charge is 0.215 e. The largest absolute Gasteiger partial charge is 0.357 e. The summed E-state index contributed by atoms with van der Waals surface area (Å²) < 4.78 is 28.4. The highest BCUT2D eigenvalue weighted by Gasteiger charge is 2.32. The second kappa shape index (κ2) is 5.42. The first-order chi connectivity index (χ1) is 8.51. The minimum atomic E-state index is -3.13. The van der Waals surface area contributed by atoms with Crippen LogP contribution in [0.15, 0.2) is 18.5 Å². The van der Waals surface area contributed by atoms with Crippen molar-refractivity contribution >= 4 is 10.0 Å². The molecule has 1 aliphatic heterocycles. The molecule has 1 aliphatic rings. The van der Waals surface area contributed by atoms with Crippen molar-refractivity contribution in [2.24, 2.45) is 7.05 Å². The summed E-state index contributed by atoms with van der Waals surface area (Å²) in [4.78, 5) is 2.20. The van der Waals surface area contributed by atoms with E-state index in [4.69, 9.17) is 0 Å². The summed E-state index contributed by atoms with van der Waals surface area (Å²) in [6, 6.07) is 2.08. The molecule has 1 N–H and O–H groups in total. The zero-order chi connectivity index (χ0) is 13.2. The molecule has 0 saturated carbocycles. The van der Waals surface area contributed by atoms with Crippen LogP contribution in [-0.2, 0) is 23.6 Å². The zero-order valence-corrected chi connectivity index (χ0v) is 11.8. The second-order valence-corrected chi connectivity index (χ2v) is 6.92. The minimum Gasteiger partial charge on any atom is -0.357 e. The van der Waals surface area contributed by atoms with E-state index in [2.05, 4.69) is 21.9 Å². The molecule has 6 heteroatoms. The van der Waals surface area contributed by atoms with Gasteiger partial charge in [-0.15, -0.1) is 0 Å². The highest BCUT2D eigenvalue weighted by molar-refractivity contribution is 7.90. The van der Waals surface area contributed by atoms with Crippen LogP contribution in [0.1, 0.15) is 18.9 Å². The van der Waals surface area contributed by atoms with E-state index in [0.29, 0.717) is 13.1 Å². The number of hydrogen-bond donors (Lipinski definition) is 1. The third kappa shape index (κ3) is 3.13. The Balaban J connectivity index is 1.92.